The molecule has 0 spiro atoms. The summed E-state index contributed by atoms with van der Waals surface area (Å²) >= 11 is 1.67. The monoisotopic (exact) mass is 250 g/mol. The minimum atomic E-state index is -0.215. The van der Waals surface area contributed by atoms with E-state index in [2.05, 4.69) is 6.92 Å². The van der Waals surface area contributed by atoms with E-state index in [1.54, 1.807) is 11.8 Å². The number of hydrogen-bond donors (Lipinski definition) is 0. The maximum absolute atomic E-state index is 11.8. The number of carbonyl (C=O) groups excluding carboxylic acids is 1. The molecule has 0 saturated heterocycles. The van der Waals surface area contributed by atoms with Crippen LogP contribution in [-0.4, -0.2) is 30.8 Å². The Labute approximate surface area is 102 Å². The topological polar surface area (TPSA) is 26.3 Å². The molecule has 0 aliphatic heterocycles. The van der Waals surface area contributed by atoms with E-state index in [9.17, 15) is 9.18 Å². The molecule has 0 heterocycles. The number of thioether (sulfide) groups is 1. The van der Waals surface area contributed by atoms with E-state index in [4.69, 9.17) is 4.74 Å². The van der Waals surface area contributed by atoms with Crippen LogP contribution in [0.3, 0.4) is 0 Å². The fourth-order valence-corrected chi connectivity index (χ4v) is 2.73. The van der Waals surface area contributed by atoms with E-state index in [1.807, 2.05) is 0 Å². The Bertz CT molecular complexity index is 176. The Balaban J connectivity index is 3.56. The lowest BCUT2D eigenvalue weighted by atomic mass is 10.2. The van der Waals surface area contributed by atoms with E-state index < -0.39 is 0 Å². The average Bonchev–Trinajstić information content (AvgIpc) is 2.31. The van der Waals surface area contributed by atoms with Crippen LogP contribution < -0.4 is 0 Å². The zero-order valence-corrected chi connectivity index (χ0v) is 11.2. The molecule has 0 aromatic rings. The van der Waals surface area contributed by atoms with Crippen molar-refractivity contribution in [2.75, 3.05) is 19.5 Å². The van der Waals surface area contributed by atoms with Gasteiger partial charge in [-0.25, -0.2) is 0 Å². The van der Waals surface area contributed by atoms with Crippen molar-refractivity contribution in [3.8, 4) is 0 Å². The van der Waals surface area contributed by atoms with Crippen molar-refractivity contribution in [2.45, 2.75) is 50.7 Å². The number of methoxy groups -OCH3 is 1. The average molecular weight is 250 g/mol. The smallest absolute Gasteiger partial charge is 0.318 e. The molecule has 16 heavy (non-hydrogen) atoms. The first-order valence-electron chi connectivity index (χ1n) is 6.01. The van der Waals surface area contributed by atoms with Crippen LogP contribution in [0.2, 0.25) is 0 Å². The molecule has 0 aliphatic carbocycles. The molecule has 0 aromatic carbocycles. The summed E-state index contributed by atoms with van der Waals surface area (Å²) in [4.78, 5) is 11.4. The molecule has 0 aromatic heterocycles. The quantitative estimate of drug-likeness (QED) is 0.438. The highest BCUT2D eigenvalue weighted by atomic mass is 32.2. The summed E-state index contributed by atoms with van der Waals surface area (Å²) in [6.07, 6.45) is 5.60. The molecule has 4 heteroatoms. The van der Waals surface area contributed by atoms with E-state index in [0.717, 1.165) is 37.9 Å². The maximum Gasteiger partial charge on any atom is 0.318 e. The minimum absolute atomic E-state index is 0.0174. The van der Waals surface area contributed by atoms with Gasteiger partial charge in [0.15, 0.2) is 0 Å². The summed E-state index contributed by atoms with van der Waals surface area (Å²) < 4.78 is 16.6. The van der Waals surface area contributed by atoms with E-state index >= 15 is 0 Å². The van der Waals surface area contributed by atoms with Crippen LogP contribution >= 0.6 is 11.8 Å². The number of rotatable bonds is 10. The molecule has 0 saturated carbocycles. The summed E-state index contributed by atoms with van der Waals surface area (Å²) in [7, 11) is 1.44. The summed E-state index contributed by atoms with van der Waals surface area (Å²) in [6.45, 7) is 1.85. The zero-order valence-electron chi connectivity index (χ0n) is 10.3. The van der Waals surface area contributed by atoms with Gasteiger partial charge in [0.05, 0.1) is 13.8 Å². The molecule has 0 amide bonds. The highest BCUT2D eigenvalue weighted by molar-refractivity contribution is 8.00. The van der Waals surface area contributed by atoms with Gasteiger partial charge in [0.1, 0.15) is 5.25 Å². The predicted molar refractivity (Wildman–Crippen MR) is 67.6 cm³/mol. The number of alkyl halides is 1. The van der Waals surface area contributed by atoms with Crippen molar-refractivity contribution in [3.63, 3.8) is 0 Å². The largest absolute Gasteiger partial charge is 0.468 e. The third-order valence-corrected chi connectivity index (χ3v) is 3.72. The van der Waals surface area contributed by atoms with Crippen molar-refractivity contribution < 1.29 is 13.9 Å². The Morgan fingerprint density at radius 2 is 2.00 bits per heavy atom. The van der Waals surface area contributed by atoms with Crippen LogP contribution in [0, 0.1) is 0 Å². The first-order chi connectivity index (χ1) is 7.76. The number of hydrogen-bond acceptors (Lipinski definition) is 3. The van der Waals surface area contributed by atoms with E-state index in [0.29, 0.717) is 6.42 Å². The van der Waals surface area contributed by atoms with Crippen LogP contribution in [0.5, 0.6) is 0 Å². The van der Waals surface area contributed by atoms with Crippen LogP contribution in [0.25, 0.3) is 0 Å². The fourth-order valence-electron chi connectivity index (χ4n) is 1.44. The van der Waals surface area contributed by atoms with Crippen molar-refractivity contribution in [2.24, 2.45) is 0 Å². The van der Waals surface area contributed by atoms with Crippen molar-refractivity contribution in [1.82, 2.24) is 0 Å². The first-order valence-corrected chi connectivity index (χ1v) is 7.06. The van der Waals surface area contributed by atoms with Gasteiger partial charge in [-0.05, 0) is 25.0 Å². The molecule has 0 radical (unpaired) electrons. The molecule has 0 bridgehead atoms. The number of ether oxygens (including phenoxy) is 1. The standard InChI is InChI=1S/C12H23FO2S/c1-3-8-11(12(14)15-2)16-10-7-5-4-6-9-13/h11H,3-10H2,1-2H3. The second-order valence-electron chi connectivity index (χ2n) is 3.77. The summed E-state index contributed by atoms with van der Waals surface area (Å²) in [5.41, 5.74) is 0. The van der Waals surface area contributed by atoms with Gasteiger partial charge in [-0.1, -0.05) is 26.2 Å². The van der Waals surface area contributed by atoms with Crippen LogP contribution in [0.15, 0.2) is 0 Å². The highest BCUT2D eigenvalue weighted by Gasteiger charge is 2.17. The molecule has 0 N–H and O–H groups in total. The number of esters is 1. The van der Waals surface area contributed by atoms with Gasteiger partial charge in [0, 0.05) is 0 Å². The SMILES string of the molecule is CCCC(SCCCCCCF)C(=O)OC. The van der Waals surface area contributed by atoms with Gasteiger partial charge >= 0.3 is 5.97 Å². The number of carbonyl (C=O) groups is 1. The summed E-state index contributed by atoms with van der Waals surface area (Å²) in [6, 6.07) is 0. The predicted octanol–water partition coefficient (Wildman–Crippen LogP) is 3.59. The molecule has 1 unspecified atom stereocenters. The van der Waals surface area contributed by atoms with Crippen molar-refractivity contribution in [3.05, 3.63) is 0 Å². The lowest BCUT2D eigenvalue weighted by molar-refractivity contribution is -0.140. The Kier molecular flexibility index (Phi) is 11.1. The molecule has 2 nitrogen and oxygen atoms in total. The highest BCUT2D eigenvalue weighted by Crippen LogP contribution is 2.19. The second-order valence-corrected chi connectivity index (χ2v) is 5.09. The normalized spacial score (nSPS) is 12.4. The molecular formula is C12H23FO2S. The van der Waals surface area contributed by atoms with Gasteiger partial charge in [-0.2, -0.15) is 0 Å². The van der Waals surface area contributed by atoms with Gasteiger partial charge < -0.3 is 4.74 Å². The van der Waals surface area contributed by atoms with Crippen LogP contribution in [0.1, 0.15) is 45.4 Å². The first kappa shape index (κ1) is 15.8. The summed E-state index contributed by atoms with van der Waals surface area (Å²) in [5.74, 6) is 0.849. The lowest BCUT2D eigenvalue weighted by Crippen LogP contribution is -2.19. The number of halogens is 1. The zero-order chi connectivity index (χ0) is 12.2. The van der Waals surface area contributed by atoms with Gasteiger partial charge in [-0.15, -0.1) is 11.8 Å². The Hall–Kier alpha value is -0.250. The minimum Gasteiger partial charge on any atom is -0.468 e. The molecular weight excluding hydrogens is 227 g/mol. The lowest BCUT2D eigenvalue weighted by Gasteiger charge is -2.12. The second kappa shape index (κ2) is 11.2. The third kappa shape index (κ3) is 7.97. The Morgan fingerprint density at radius 1 is 1.31 bits per heavy atom. The van der Waals surface area contributed by atoms with Gasteiger partial charge in [0.25, 0.3) is 0 Å². The van der Waals surface area contributed by atoms with E-state index in [-0.39, 0.29) is 17.9 Å². The summed E-state index contributed by atoms with van der Waals surface area (Å²) in [5, 5.41) is -0.0174. The van der Waals surface area contributed by atoms with Crippen molar-refractivity contribution >= 4 is 17.7 Å². The Morgan fingerprint density at radius 3 is 2.56 bits per heavy atom. The van der Waals surface area contributed by atoms with Gasteiger partial charge in [0.2, 0.25) is 0 Å². The molecule has 0 aliphatic rings. The molecule has 1 atom stereocenters. The number of unbranched alkanes of at least 4 members (excludes halogenated alkanes) is 3. The molecule has 0 rings (SSSR count). The molecule has 96 valence electrons. The van der Waals surface area contributed by atoms with Crippen LogP contribution in [-0.2, 0) is 9.53 Å². The molecule has 0 fully saturated rings. The maximum atomic E-state index is 11.8. The third-order valence-electron chi connectivity index (χ3n) is 2.36. The van der Waals surface area contributed by atoms with Crippen LogP contribution in [0.4, 0.5) is 4.39 Å². The fraction of sp³-hybridized carbons (Fsp3) is 0.917. The van der Waals surface area contributed by atoms with Gasteiger partial charge in [-0.3, -0.25) is 9.18 Å². The van der Waals surface area contributed by atoms with Crippen molar-refractivity contribution in [1.29, 1.82) is 0 Å². The van der Waals surface area contributed by atoms with E-state index in [1.165, 1.54) is 7.11 Å².